The number of halogens is 2. The van der Waals surface area contributed by atoms with Crippen LogP contribution < -0.4 is 4.74 Å². The summed E-state index contributed by atoms with van der Waals surface area (Å²) in [5.41, 5.74) is 2.17. The Kier molecular flexibility index (Phi) is 3.09. The van der Waals surface area contributed by atoms with E-state index in [2.05, 4.69) is 0 Å². The Hall–Kier alpha value is -1.12. The highest BCUT2D eigenvalue weighted by Crippen LogP contribution is 2.19. The summed E-state index contributed by atoms with van der Waals surface area (Å²) >= 11 is 0. The molecule has 3 heteroatoms. The van der Waals surface area contributed by atoms with Crippen LogP contribution in [-0.4, -0.2) is 12.5 Å². The van der Waals surface area contributed by atoms with Crippen molar-refractivity contribution in [2.75, 3.05) is 6.61 Å². The van der Waals surface area contributed by atoms with Gasteiger partial charge in [0.15, 0.2) is 6.61 Å². The molecule has 0 heterocycles. The molecular formula is C11H14F2O. The third-order valence-electron chi connectivity index (χ3n) is 1.97. The second kappa shape index (κ2) is 3.95. The number of hydrogen-bond acceptors (Lipinski definition) is 1. The fourth-order valence-corrected chi connectivity index (χ4v) is 1.01. The number of ether oxygens (including phenoxy) is 1. The summed E-state index contributed by atoms with van der Waals surface area (Å²) in [4.78, 5) is 0. The van der Waals surface area contributed by atoms with Gasteiger partial charge in [-0.2, -0.15) is 0 Å². The lowest BCUT2D eigenvalue weighted by Gasteiger charge is -2.12. The van der Waals surface area contributed by atoms with E-state index in [1.807, 2.05) is 19.9 Å². The molecule has 1 nitrogen and oxygen atoms in total. The van der Waals surface area contributed by atoms with Gasteiger partial charge in [0.2, 0.25) is 0 Å². The van der Waals surface area contributed by atoms with Crippen molar-refractivity contribution >= 4 is 0 Å². The predicted molar refractivity (Wildman–Crippen MR) is 52.0 cm³/mol. The van der Waals surface area contributed by atoms with Crippen molar-refractivity contribution in [2.24, 2.45) is 0 Å². The molecule has 0 aliphatic rings. The molecule has 1 aromatic rings. The van der Waals surface area contributed by atoms with Gasteiger partial charge in [0.25, 0.3) is 5.92 Å². The first-order valence-electron chi connectivity index (χ1n) is 4.46. The van der Waals surface area contributed by atoms with E-state index in [1.54, 1.807) is 12.1 Å². The summed E-state index contributed by atoms with van der Waals surface area (Å²) in [5, 5.41) is 0. The first kappa shape index (κ1) is 11.0. The smallest absolute Gasteiger partial charge is 0.278 e. The fraction of sp³-hybridized carbons (Fsp3) is 0.455. The van der Waals surface area contributed by atoms with Gasteiger partial charge in [0.05, 0.1) is 0 Å². The molecular weight excluding hydrogens is 186 g/mol. The molecule has 0 saturated carbocycles. The van der Waals surface area contributed by atoms with Gasteiger partial charge in [-0.1, -0.05) is 6.07 Å². The van der Waals surface area contributed by atoms with Crippen LogP contribution in [-0.2, 0) is 0 Å². The van der Waals surface area contributed by atoms with Crippen molar-refractivity contribution in [3.05, 3.63) is 29.3 Å². The highest BCUT2D eigenvalue weighted by atomic mass is 19.3. The number of hydrogen-bond donors (Lipinski definition) is 0. The van der Waals surface area contributed by atoms with Crippen molar-refractivity contribution in [2.45, 2.75) is 26.7 Å². The SMILES string of the molecule is Cc1ccc(OCC(C)(F)F)cc1C. The van der Waals surface area contributed by atoms with Crippen LogP contribution in [0.1, 0.15) is 18.1 Å². The van der Waals surface area contributed by atoms with E-state index in [0.717, 1.165) is 18.1 Å². The fourth-order valence-electron chi connectivity index (χ4n) is 1.01. The van der Waals surface area contributed by atoms with Crippen molar-refractivity contribution in [1.29, 1.82) is 0 Å². The Morgan fingerprint density at radius 2 is 1.86 bits per heavy atom. The molecule has 0 radical (unpaired) electrons. The third-order valence-corrected chi connectivity index (χ3v) is 1.97. The van der Waals surface area contributed by atoms with Crippen LogP contribution in [0.25, 0.3) is 0 Å². The van der Waals surface area contributed by atoms with Crippen molar-refractivity contribution in [3.8, 4) is 5.75 Å². The lowest BCUT2D eigenvalue weighted by Crippen LogP contribution is -2.20. The first-order valence-corrected chi connectivity index (χ1v) is 4.46. The molecule has 78 valence electrons. The van der Waals surface area contributed by atoms with Crippen LogP contribution in [0, 0.1) is 13.8 Å². The van der Waals surface area contributed by atoms with E-state index in [4.69, 9.17) is 4.74 Å². The maximum Gasteiger partial charge on any atom is 0.278 e. The standard InChI is InChI=1S/C11H14F2O/c1-8-4-5-10(6-9(8)2)14-7-11(3,12)13/h4-6H,7H2,1-3H3. The van der Waals surface area contributed by atoms with Gasteiger partial charge in [-0.3, -0.25) is 0 Å². The van der Waals surface area contributed by atoms with E-state index in [0.29, 0.717) is 5.75 Å². The Bertz CT molecular complexity index is 316. The largest absolute Gasteiger partial charge is 0.487 e. The lowest BCUT2D eigenvalue weighted by molar-refractivity contribution is -0.0229. The Labute approximate surface area is 82.7 Å². The minimum absolute atomic E-state index is 0.495. The van der Waals surface area contributed by atoms with Crippen LogP contribution >= 0.6 is 0 Å². The average Bonchev–Trinajstić information content (AvgIpc) is 2.06. The second-order valence-electron chi connectivity index (χ2n) is 3.60. The number of benzene rings is 1. The van der Waals surface area contributed by atoms with Gasteiger partial charge in [0.1, 0.15) is 5.75 Å². The van der Waals surface area contributed by atoms with E-state index in [1.165, 1.54) is 0 Å². The van der Waals surface area contributed by atoms with Crippen LogP contribution in [0.15, 0.2) is 18.2 Å². The molecule has 0 saturated heterocycles. The van der Waals surface area contributed by atoms with Gasteiger partial charge in [-0.15, -0.1) is 0 Å². The summed E-state index contributed by atoms with van der Waals surface area (Å²) < 4.78 is 29.9. The van der Waals surface area contributed by atoms with E-state index in [9.17, 15) is 8.78 Å². The van der Waals surface area contributed by atoms with Gasteiger partial charge >= 0.3 is 0 Å². The quantitative estimate of drug-likeness (QED) is 0.727. The van der Waals surface area contributed by atoms with Gasteiger partial charge in [-0.25, -0.2) is 8.78 Å². The molecule has 0 amide bonds. The lowest BCUT2D eigenvalue weighted by atomic mass is 10.1. The molecule has 0 aromatic heterocycles. The topological polar surface area (TPSA) is 9.23 Å². The highest BCUT2D eigenvalue weighted by molar-refractivity contribution is 5.33. The molecule has 0 N–H and O–H groups in total. The molecule has 0 atom stereocenters. The Morgan fingerprint density at radius 3 is 2.36 bits per heavy atom. The zero-order chi connectivity index (χ0) is 10.8. The molecule has 0 aliphatic heterocycles. The minimum Gasteiger partial charge on any atom is -0.487 e. The van der Waals surface area contributed by atoms with Crippen molar-refractivity contribution < 1.29 is 13.5 Å². The molecule has 0 unspecified atom stereocenters. The average molecular weight is 200 g/mol. The molecule has 1 rings (SSSR count). The molecule has 0 aliphatic carbocycles. The number of rotatable bonds is 3. The van der Waals surface area contributed by atoms with Crippen LogP contribution in [0.2, 0.25) is 0 Å². The zero-order valence-electron chi connectivity index (χ0n) is 8.60. The van der Waals surface area contributed by atoms with Crippen LogP contribution in [0.5, 0.6) is 5.75 Å². The van der Waals surface area contributed by atoms with E-state index >= 15 is 0 Å². The normalized spacial score (nSPS) is 11.5. The maximum absolute atomic E-state index is 12.5. The molecule has 14 heavy (non-hydrogen) atoms. The monoisotopic (exact) mass is 200 g/mol. The summed E-state index contributed by atoms with van der Waals surface area (Å²) in [7, 11) is 0. The third kappa shape index (κ3) is 3.32. The molecule has 0 bridgehead atoms. The minimum atomic E-state index is -2.78. The molecule has 0 fully saturated rings. The van der Waals surface area contributed by atoms with Gasteiger partial charge < -0.3 is 4.74 Å². The van der Waals surface area contributed by atoms with Crippen LogP contribution in [0.4, 0.5) is 8.78 Å². The Morgan fingerprint density at radius 1 is 1.21 bits per heavy atom. The van der Waals surface area contributed by atoms with Crippen molar-refractivity contribution in [3.63, 3.8) is 0 Å². The Balaban J connectivity index is 2.65. The first-order chi connectivity index (χ1) is 6.38. The second-order valence-corrected chi connectivity index (χ2v) is 3.60. The zero-order valence-corrected chi connectivity index (χ0v) is 8.60. The van der Waals surface area contributed by atoms with Gasteiger partial charge in [0, 0.05) is 6.92 Å². The predicted octanol–water partition coefficient (Wildman–Crippen LogP) is 3.34. The van der Waals surface area contributed by atoms with Crippen molar-refractivity contribution in [1.82, 2.24) is 0 Å². The van der Waals surface area contributed by atoms with E-state index < -0.39 is 12.5 Å². The maximum atomic E-state index is 12.5. The summed E-state index contributed by atoms with van der Waals surface area (Å²) in [5.74, 6) is -2.28. The number of aryl methyl sites for hydroxylation is 2. The number of alkyl halides is 2. The summed E-state index contributed by atoms with van der Waals surface area (Å²) in [6.07, 6.45) is 0. The summed E-state index contributed by atoms with van der Waals surface area (Å²) in [6.45, 7) is 4.16. The van der Waals surface area contributed by atoms with Gasteiger partial charge in [-0.05, 0) is 37.1 Å². The molecule has 1 aromatic carbocycles. The summed E-state index contributed by atoms with van der Waals surface area (Å²) in [6, 6.07) is 5.33. The van der Waals surface area contributed by atoms with Crippen LogP contribution in [0.3, 0.4) is 0 Å². The molecule has 0 spiro atoms. The highest BCUT2D eigenvalue weighted by Gasteiger charge is 2.21. The van der Waals surface area contributed by atoms with E-state index in [-0.39, 0.29) is 0 Å².